The van der Waals surface area contributed by atoms with Crippen LogP contribution in [0.5, 0.6) is 11.5 Å². The Hall–Kier alpha value is -2.80. The molecule has 0 saturated heterocycles. The molecule has 7 heteroatoms. The second kappa shape index (κ2) is 8.05. The molecule has 134 valence electrons. The molecule has 0 spiro atoms. The Morgan fingerprint density at radius 2 is 1.77 bits per heavy atom. The average Bonchev–Trinajstić information content (AvgIpc) is 3.06. The highest BCUT2D eigenvalue weighted by Crippen LogP contribution is 2.29. The van der Waals surface area contributed by atoms with Crippen LogP contribution in [-0.2, 0) is 0 Å². The molecular formula is C19H19N3O3S. The number of Topliss-reactive ketones (excluding diaryl/α,β-unsaturated/α-hetero) is 1. The van der Waals surface area contributed by atoms with E-state index in [0.29, 0.717) is 22.2 Å². The Balaban J connectivity index is 1.77. The lowest BCUT2D eigenvalue weighted by molar-refractivity contribution is 0.102. The molecule has 3 aromatic rings. The summed E-state index contributed by atoms with van der Waals surface area (Å²) in [5, 5.41) is 9.02. The van der Waals surface area contributed by atoms with Gasteiger partial charge in [0, 0.05) is 11.3 Å². The minimum Gasteiger partial charge on any atom is -0.493 e. The van der Waals surface area contributed by atoms with Crippen LogP contribution in [0.15, 0.2) is 53.7 Å². The highest BCUT2D eigenvalue weighted by Gasteiger charge is 2.15. The summed E-state index contributed by atoms with van der Waals surface area (Å²) >= 11 is 1.36. The molecule has 0 amide bonds. The van der Waals surface area contributed by atoms with Crippen molar-refractivity contribution in [3.63, 3.8) is 0 Å². The van der Waals surface area contributed by atoms with Crippen LogP contribution in [-0.4, -0.2) is 40.5 Å². The number of methoxy groups -OCH3 is 2. The van der Waals surface area contributed by atoms with Gasteiger partial charge in [-0.3, -0.25) is 9.36 Å². The number of carbonyl (C=O) groups excluding carboxylic acids is 1. The molecule has 26 heavy (non-hydrogen) atoms. The van der Waals surface area contributed by atoms with E-state index in [1.165, 1.54) is 11.8 Å². The molecule has 0 atom stereocenters. The number of benzene rings is 2. The normalized spacial score (nSPS) is 10.6. The molecule has 0 fully saturated rings. The second-order valence-electron chi connectivity index (χ2n) is 5.48. The minimum absolute atomic E-state index is 0.0174. The van der Waals surface area contributed by atoms with Crippen LogP contribution in [0.4, 0.5) is 0 Å². The number of nitrogens with zero attached hydrogens (tertiary/aromatic N) is 3. The van der Waals surface area contributed by atoms with Gasteiger partial charge in [-0.25, -0.2) is 0 Å². The lowest BCUT2D eigenvalue weighted by Gasteiger charge is -2.10. The van der Waals surface area contributed by atoms with Crippen molar-refractivity contribution in [2.45, 2.75) is 12.1 Å². The fourth-order valence-electron chi connectivity index (χ4n) is 2.53. The number of ether oxygens (including phenoxy) is 2. The number of aromatic nitrogens is 3. The first-order chi connectivity index (χ1) is 12.6. The van der Waals surface area contributed by atoms with Gasteiger partial charge in [0.2, 0.25) is 0 Å². The van der Waals surface area contributed by atoms with Crippen molar-refractivity contribution in [2.75, 3.05) is 20.0 Å². The third-order valence-corrected chi connectivity index (χ3v) is 4.78. The van der Waals surface area contributed by atoms with E-state index in [1.807, 2.05) is 41.8 Å². The number of hydrogen-bond acceptors (Lipinski definition) is 6. The predicted octanol–water partition coefficient (Wildman–Crippen LogP) is 3.57. The number of aryl methyl sites for hydroxylation is 1. The molecule has 1 aromatic heterocycles. The quantitative estimate of drug-likeness (QED) is 0.469. The fraction of sp³-hybridized carbons (Fsp3) is 0.211. The van der Waals surface area contributed by atoms with Gasteiger partial charge in [-0.1, -0.05) is 30.0 Å². The Kier molecular flexibility index (Phi) is 5.58. The SMILES string of the molecule is COc1ccc(C(=O)CSc2nnc(C)n2-c2ccccc2)cc1OC. The first kappa shape index (κ1) is 18.0. The minimum atomic E-state index is -0.0174. The maximum atomic E-state index is 12.6. The summed E-state index contributed by atoms with van der Waals surface area (Å²) in [6.07, 6.45) is 0. The lowest BCUT2D eigenvalue weighted by atomic mass is 10.1. The summed E-state index contributed by atoms with van der Waals surface area (Å²) in [6.45, 7) is 1.89. The standard InChI is InChI=1S/C19H19N3O3S/c1-13-20-21-19(22(13)15-7-5-4-6-8-15)26-12-16(23)14-9-10-17(24-2)18(11-14)25-3/h4-11H,12H2,1-3H3. The zero-order chi connectivity index (χ0) is 18.5. The van der Waals surface area contributed by atoms with Gasteiger partial charge in [0.05, 0.1) is 20.0 Å². The average molecular weight is 369 g/mol. The Labute approximate surface area is 156 Å². The van der Waals surface area contributed by atoms with E-state index in [9.17, 15) is 4.79 Å². The topological polar surface area (TPSA) is 66.2 Å². The van der Waals surface area contributed by atoms with Crippen LogP contribution >= 0.6 is 11.8 Å². The van der Waals surface area contributed by atoms with E-state index >= 15 is 0 Å². The molecular weight excluding hydrogens is 350 g/mol. The highest BCUT2D eigenvalue weighted by atomic mass is 32.2. The van der Waals surface area contributed by atoms with E-state index in [0.717, 1.165) is 11.5 Å². The fourth-order valence-corrected chi connectivity index (χ4v) is 3.43. The van der Waals surface area contributed by atoms with Gasteiger partial charge in [0.1, 0.15) is 5.82 Å². The van der Waals surface area contributed by atoms with Crippen LogP contribution in [0.25, 0.3) is 5.69 Å². The summed E-state index contributed by atoms with van der Waals surface area (Å²) < 4.78 is 12.4. The van der Waals surface area contributed by atoms with Gasteiger partial charge in [-0.15, -0.1) is 10.2 Å². The van der Waals surface area contributed by atoms with E-state index in [1.54, 1.807) is 32.4 Å². The third kappa shape index (κ3) is 3.72. The van der Waals surface area contributed by atoms with Crippen LogP contribution < -0.4 is 9.47 Å². The molecule has 0 N–H and O–H groups in total. The Bertz CT molecular complexity index is 910. The summed E-state index contributed by atoms with van der Waals surface area (Å²) in [5.41, 5.74) is 1.54. The number of ketones is 1. The summed E-state index contributed by atoms with van der Waals surface area (Å²) in [6, 6.07) is 15.0. The van der Waals surface area contributed by atoms with Crippen molar-refractivity contribution < 1.29 is 14.3 Å². The second-order valence-corrected chi connectivity index (χ2v) is 6.42. The number of rotatable bonds is 7. The summed E-state index contributed by atoms with van der Waals surface area (Å²) in [7, 11) is 3.11. The first-order valence-corrected chi connectivity index (χ1v) is 8.98. The molecule has 1 heterocycles. The monoisotopic (exact) mass is 369 g/mol. The van der Waals surface area contributed by atoms with Gasteiger partial charge in [-0.2, -0.15) is 0 Å². The Morgan fingerprint density at radius 3 is 2.46 bits per heavy atom. The zero-order valence-corrected chi connectivity index (χ0v) is 15.6. The van der Waals surface area contributed by atoms with Crippen LogP contribution in [0.2, 0.25) is 0 Å². The molecule has 0 bridgehead atoms. The Morgan fingerprint density at radius 1 is 1.04 bits per heavy atom. The molecule has 0 aliphatic heterocycles. The smallest absolute Gasteiger partial charge is 0.196 e. The summed E-state index contributed by atoms with van der Waals surface area (Å²) in [5.74, 6) is 2.14. The third-order valence-electron chi connectivity index (χ3n) is 3.85. The maximum absolute atomic E-state index is 12.6. The van der Waals surface area contributed by atoms with Crippen LogP contribution in [0.1, 0.15) is 16.2 Å². The van der Waals surface area contributed by atoms with E-state index < -0.39 is 0 Å². The van der Waals surface area contributed by atoms with Gasteiger partial charge in [-0.05, 0) is 37.3 Å². The maximum Gasteiger partial charge on any atom is 0.196 e. The highest BCUT2D eigenvalue weighted by molar-refractivity contribution is 7.99. The van der Waals surface area contributed by atoms with Crippen LogP contribution in [0, 0.1) is 6.92 Å². The number of para-hydroxylation sites is 1. The van der Waals surface area contributed by atoms with Crippen molar-refractivity contribution in [1.82, 2.24) is 14.8 Å². The van der Waals surface area contributed by atoms with Gasteiger partial charge < -0.3 is 9.47 Å². The molecule has 2 aromatic carbocycles. The van der Waals surface area contributed by atoms with E-state index in [4.69, 9.17) is 9.47 Å². The molecule has 0 saturated carbocycles. The van der Waals surface area contributed by atoms with Crippen LogP contribution in [0.3, 0.4) is 0 Å². The van der Waals surface area contributed by atoms with E-state index in [-0.39, 0.29) is 11.5 Å². The van der Waals surface area contributed by atoms with Gasteiger partial charge >= 0.3 is 0 Å². The molecule has 0 aliphatic carbocycles. The van der Waals surface area contributed by atoms with Crippen molar-refractivity contribution >= 4 is 17.5 Å². The molecule has 0 radical (unpaired) electrons. The zero-order valence-electron chi connectivity index (χ0n) is 14.8. The molecule has 6 nitrogen and oxygen atoms in total. The van der Waals surface area contributed by atoms with Crippen molar-refractivity contribution in [3.8, 4) is 17.2 Å². The number of carbonyl (C=O) groups is 1. The number of hydrogen-bond donors (Lipinski definition) is 0. The van der Waals surface area contributed by atoms with Crippen molar-refractivity contribution in [3.05, 3.63) is 59.9 Å². The largest absolute Gasteiger partial charge is 0.493 e. The van der Waals surface area contributed by atoms with Gasteiger partial charge in [0.15, 0.2) is 22.4 Å². The van der Waals surface area contributed by atoms with Crippen molar-refractivity contribution in [1.29, 1.82) is 0 Å². The number of thioether (sulfide) groups is 1. The van der Waals surface area contributed by atoms with E-state index in [2.05, 4.69) is 10.2 Å². The summed E-state index contributed by atoms with van der Waals surface area (Å²) in [4.78, 5) is 12.6. The molecule has 0 unspecified atom stereocenters. The first-order valence-electron chi connectivity index (χ1n) is 7.99. The van der Waals surface area contributed by atoms with Crippen molar-refractivity contribution in [2.24, 2.45) is 0 Å². The predicted molar refractivity (Wildman–Crippen MR) is 101 cm³/mol. The molecule has 3 rings (SSSR count). The lowest BCUT2D eigenvalue weighted by Crippen LogP contribution is -2.05. The van der Waals surface area contributed by atoms with Gasteiger partial charge in [0.25, 0.3) is 0 Å². The molecule has 0 aliphatic rings.